The van der Waals surface area contributed by atoms with Crippen LogP contribution in [0, 0.1) is 0 Å². The Morgan fingerprint density at radius 3 is 2.24 bits per heavy atom. The molecule has 25 heavy (non-hydrogen) atoms. The Morgan fingerprint density at radius 1 is 1.12 bits per heavy atom. The highest BCUT2D eigenvalue weighted by atomic mass is 16.4. The molecule has 0 aliphatic rings. The van der Waals surface area contributed by atoms with Crippen LogP contribution in [0.5, 0.6) is 5.75 Å². The van der Waals surface area contributed by atoms with Crippen LogP contribution in [0.25, 0.3) is 0 Å². The zero-order chi connectivity index (χ0) is 19.0. The summed E-state index contributed by atoms with van der Waals surface area (Å²) in [6.07, 6.45) is -0.372. The number of phenolic OH excluding ortho intramolecular Hbond substituents is 1. The van der Waals surface area contributed by atoms with Crippen LogP contribution in [0.15, 0.2) is 24.3 Å². The largest absolute Gasteiger partial charge is 0.508 e. The Kier molecular flexibility index (Phi) is 7.35. The number of carboxylic acid groups (broad SMARTS) is 1. The van der Waals surface area contributed by atoms with E-state index in [0.29, 0.717) is 0 Å². The SMILES string of the molecule is NC(=O)C[C@H](NC(=O)CNC(=O)[C@@H](N)Cc1ccc(O)cc1)C(=O)O. The molecule has 10 nitrogen and oxygen atoms in total. The third-order valence-corrected chi connectivity index (χ3v) is 3.19. The van der Waals surface area contributed by atoms with Crippen molar-refractivity contribution in [3.05, 3.63) is 29.8 Å². The van der Waals surface area contributed by atoms with E-state index in [1.54, 1.807) is 12.1 Å². The number of hydrogen-bond donors (Lipinski definition) is 6. The number of nitrogens with one attached hydrogen (secondary N) is 2. The minimum absolute atomic E-state index is 0.0855. The van der Waals surface area contributed by atoms with Crippen LogP contribution in [0.2, 0.25) is 0 Å². The Hall–Kier alpha value is -3.14. The van der Waals surface area contributed by atoms with Crippen molar-refractivity contribution in [1.82, 2.24) is 10.6 Å². The summed E-state index contributed by atoms with van der Waals surface area (Å²) in [6.45, 7) is -0.495. The summed E-state index contributed by atoms with van der Waals surface area (Å²) < 4.78 is 0. The van der Waals surface area contributed by atoms with Crippen molar-refractivity contribution >= 4 is 23.7 Å². The number of carboxylic acids is 1. The maximum atomic E-state index is 11.9. The van der Waals surface area contributed by atoms with Crippen molar-refractivity contribution in [3.63, 3.8) is 0 Å². The number of carbonyl (C=O) groups excluding carboxylic acids is 3. The molecular weight excluding hydrogens is 332 g/mol. The van der Waals surface area contributed by atoms with Gasteiger partial charge in [-0.3, -0.25) is 14.4 Å². The van der Waals surface area contributed by atoms with Gasteiger partial charge in [0.05, 0.1) is 19.0 Å². The Labute approximate surface area is 143 Å². The first-order chi connectivity index (χ1) is 11.7. The van der Waals surface area contributed by atoms with Crippen LogP contribution in [0.1, 0.15) is 12.0 Å². The first kappa shape index (κ1) is 19.9. The van der Waals surface area contributed by atoms with Crippen LogP contribution in [-0.4, -0.2) is 52.5 Å². The fourth-order valence-corrected chi connectivity index (χ4v) is 1.92. The summed E-state index contributed by atoms with van der Waals surface area (Å²) in [7, 11) is 0. The monoisotopic (exact) mass is 352 g/mol. The van der Waals surface area contributed by atoms with Gasteiger partial charge in [-0.1, -0.05) is 12.1 Å². The number of nitrogens with two attached hydrogens (primary N) is 2. The molecule has 3 amide bonds. The summed E-state index contributed by atoms with van der Waals surface area (Å²) in [5.41, 5.74) is 11.3. The van der Waals surface area contributed by atoms with Gasteiger partial charge >= 0.3 is 5.97 Å². The van der Waals surface area contributed by atoms with E-state index >= 15 is 0 Å². The van der Waals surface area contributed by atoms with Crippen molar-refractivity contribution in [2.24, 2.45) is 11.5 Å². The minimum Gasteiger partial charge on any atom is -0.508 e. The van der Waals surface area contributed by atoms with Crippen molar-refractivity contribution in [2.75, 3.05) is 6.54 Å². The smallest absolute Gasteiger partial charge is 0.326 e. The van der Waals surface area contributed by atoms with Gasteiger partial charge in [0.25, 0.3) is 0 Å². The van der Waals surface area contributed by atoms with Gasteiger partial charge in [0.15, 0.2) is 0 Å². The van der Waals surface area contributed by atoms with Gasteiger partial charge in [-0.25, -0.2) is 4.79 Å². The normalized spacial score (nSPS) is 12.7. The second-order valence-corrected chi connectivity index (χ2v) is 5.32. The van der Waals surface area contributed by atoms with Gasteiger partial charge < -0.3 is 32.3 Å². The number of aliphatic carboxylic acids is 1. The van der Waals surface area contributed by atoms with E-state index in [4.69, 9.17) is 16.6 Å². The van der Waals surface area contributed by atoms with Gasteiger partial charge in [0.1, 0.15) is 11.8 Å². The Bertz CT molecular complexity index is 646. The second-order valence-electron chi connectivity index (χ2n) is 5.32. The molecule has 1 aromatic carbocycles. The lowest BCUT2D eigenvalue weighted by atomic mass is 10.1. The molecule has 0 unspecified atom stereocenters. The van der Waals surface area contributed by atoms with E-state index in [9.17, 15) is 24.3 Å². The molecule has 0 saturated carbocycles. The number of phenols is 1. The number of primary amides is 1. The zero-order valence-electron chi connectivity index (χ0n) is 13.3. The molecule has 0 aliphatic heterocycles. The third-order valence-electron chi connectivity index (χ3n) is 3.19. The fraction of sp³-hybridized carbons (Fsp3) is 0.333. The average molecular weight is 352 g/mol. The molecule has 0 aliphatic carbocycles. The highest BCUT2D eigenvalue weighted by Gasteiger charge is 2.22. The molecule has 1 aromatic rings. The molecule has 2 atom stereocenters. The number of amides is 3. The summed E-state index contributed by atoms with van der Waals surface area (Å²) in [6, 6.07) is 3.73. The maximum Gasteiger partial charge on any atom is 0.326 e. The van der Waals surface area contributed by atoms with Crippen molar-refractivity contribution in [3.8, 4) is 5.75 Å². The predicted molar refractivity (Wildman–Crippen MR) is 86.2 cm³/mol. The average Bonchev–Trinajstić information content (AvgIpc) is 2.53. The van der Waals surface area contributed by atoms with E-state index in [-0.39, 0.29) is 12.2 Å². The van der Waals surface area contributed by atoms with Gasteiger partial charge in [-0.15, -0.1) is 0 Å². The van der Waals surface area contributed by atoms with E-state index in [2.05, 4.69) is 10.6 Å². The van der Waals surface area contributed by atoms with Gasteiger partial charge in [-0.05, 0) is 24.1 Å². The number of hydrogen-bond acceptors (Lipinski definition) is 6. The van der Waals surface area contributed by atoms with Crippen LogP contribution in [0.4, 0.5) is 0 Å². The minimum atomic E-state index is -1.47. The van der Waals surface area contributed by atoms with Crippen molar-refractivity contribution < 1.29 is 29.4 Å². The lowest BCUT2D eigenvalue weighted by Crippen LogP contribution is -2.49. The molecule has 136 valence electrons. The quantitative estimate of drug-likeness (QED) is 0.292. The van der Waals surface area contributed by atoms with Crippen molar-refractivity contribution in [1.29, 1.82) is 0 Å². The first-order valence-corrected chi connectivity index (χ1v) is 7.30. The van der Waals surface area contributed by atoms with E-state index in [1.807, 2.05) is 0 Å². The maximum absolute atomic E-state index is 11.9. The highest BCUT2D eigenvalue weighted by Crippen LogP contribution is 2.10. The highest BCUT2D eigenvalue weighted by molar-refractivity contribution is 5.91. The molecule has 1 rings (SSSR count). The van der Waals surface area contributed by atoms with Crippen LogP contribution >= 0.6 is 0 Å². The zero-order valence-corrected chi connectivity index (χ0v) is 13.3. The standard InChI is InChI=1S/C15H20N4O6/c16-10(5-8-1-3-9(20)4-2-8)14(23)18-7-13(22)19-11(15(24)25)6-12(17)21/h1-4,10-11,20H,5-7,16H2,(H2,17,21)(H,18,23)(H,19,22)(H,24,25)/t10-,11-/m0/s1. The molecule has 0 aromatic heterocycles. The molecule has 10 heteroatoms. The topological polar surface area (TPSA) is 185 Å². The van der Waals surface area contributed by atoms with Crippen LogP contribution in [0.3, 0.4) is 0 Å². The molecular formula is C15H20N4O6. The number of benzene rings is 1. The third kappa shape index (κ3) is 7.31. The predicted octanol–water partition coefficient (Wildman–Crippen LogP) is -2.18. The summed E-state index contributed by atoms with van der Waals surface area (Å²) in [4.78, 5) is 45.2. The van der Waals surface area contributed by atoms with E-state index in [0.717, 1.165) is 5.56 Å². The second kappa shape index (κ2) is 9.23. The molecule has 0 heterocycles. The Balaban J connectivity index is 2.45. The van der Waals surface area contributed by atoms with Crippen LogP contribution < -0.4 is 22.1 Å². The molecule has 0 fully saturated rings. The summed E-state index contributed by atoms with van der Waals surface area (Å²) >= 11 is 0. The molecule has 0 spiro atoms. The van der Waals surface area contributed by atoms with Gasteiger partial charge in [0.2, 0.25) is 17.7 Å². The molecule has 0 radical (unpaired) electrons. The fourth-order valence-electron chi connectivity index (χ4n) is 1.92. The lowest BCUT2D eigenvalue weighted by molar-refractivity contribution is -0.143. The Morgan fingerprint density at radius 2 is 1.72 bits per heavy atom. The number of rotatable bonds is 9. The molecule has 8 N–H and O–H groups in total. The molecule has 0 bridgehead atoms. The van der Waals surface area contributed by atoms with Crippen LogP contribution in [-0.2, 0) is 25.6 Å². The summed E-state index contributed by atoms with van der Waals surface area (Å²) in [5.74, 6) is -3.61. The number of carbonyl (C=O) groups is 4. The summed E-state index contributed by atoms with van der Waals surface area (Å²) in [5, 5.41) is 22.4. The van der Waals surface area contributed by atoms with Crippen molar-refractivity contribution in [2.45, 2.75) is 24.9 Å². The lowest BCUT2D eigenvalue weighted by Gasteiger charge is -2.15. The van der Waals surface area contributed by atoms with E-state index < -0.39 is 48.7 Å². The number of aromatic hydroxyl groups is 1. The first-order valence-electron chi connectivity index (χ1n) is 7.30. The molecule has 0 saturated heterocycles. The van der Waals surface area contributed by atoms with E-state index in [1.165, 1.54) is 12.1 Å². The van der Waals surface area contributed by atoms with Gasteiger partial charge in [0, 0.05) is 0 Å². The van der Waals surface area contributed by atoms with Gasteiger partial charge in [-0.2, -0.15) is 0 Å².